The number of benzene rings is 1. The van der Waals surface area contributed by atoms with Gasteiger partial charge in [-0.3, -0.25) is 19.2 Å². The van der Waals surface area contributed by atoms with Crippen molar-refractivity contribution in [1.82, 2.24) is 21.3 Å². The van der Waals surface area contributed by atoms with Gasteiger partial charge in [0.2, 0.25) is 17.7 Å². The molecule has 0 fully saturated rings. The summed E-state index contributed by atoms with van der Waals surface area (Å²) in [6.07, 6.45) is 1.12. The highest BCUT2D eigenvalue weighted by atomic mass is 16.2. The molecule has 0 saturated heterocycles. The first-order valence-electron chi connectivity index (χ1n) is 10.2. The summed E-state index contributed by atoms with van der Waals surface area (Å²) in [4.78, 5) is 59.2. The molecule has 1 rings (SSSR count). The van der Waals surface area contributed by atoms with Crippen LogP contribution in [0.4, 0.5) is 4.79 Å². The molecule has 5 amide bonds. The average molecular weight is 447 g/mol. The summed E-state index contributed by atoms with van der Waals surface area (Å²) >= 11 is 0. The SMILES string of the molecule is CC(=O)N[C@@H](CCCNC(N)=O)C(=O)N[C@@H](CCC(=O)C=N)C(=O)NCc1ccccc1. The maximum Gasteiger partial charge on any atom is 0.312 e. The third-order valence-electron chi connectivity index (χ3n) is 4.45. The van der Waals surface area contributed by atoms with Gasteiger partial charge in [-0.2, -0.15) is 0 Å². The first kappa shape index (κ1) is 26.3. The fourth-order valence-electron chi connectivity index (χ4n) is 2.84. The predicted molar refractivity (Wildman–Crippen MR) is 118 cm³/mol. The second kappa shape index (κ2) is 14.3. The normalized spacial score (nSPS) is 12.0. The van der Waals surface area contributed by atoms with Gasteiger partial charge in [0.1, 0.15) is 12.1 Å². The molecule has 11 nitrogen and oxygen atoms in total. The summed E-state index contributed by atoms with van der Waals surface area (Å²) in [5.74, 6) is -1.99. The highest BCUT2D eigenvalue weighted by Gasteiger charge is 2.26. The van der Waals surface area contributed by atoms with Crippen molar-refractivity contribution < 1.29 is 24.0 Å². The van der Waals surface area contributed by atoms with Crippen molar-refractivity contribution in [3.8, 4) is 0 Å². The van der Waals surface area contributed by atoms with E-state index in [2.05, 4.69) is 21.3 Å². The van der Waals surface area contributed by atoms with Crippen LogP contribution in [-0.2, 0) is 25.7 Å². The number of urea groups is 1. The number of hydrogen-bond acceptors (Lipinski definition) is 6. The quantitative estimate of drug-likeness (QED) is 0.170. The van der Waals surface area contributed by atoms with E-state index in [9.17, 15) is 24.0 Å². The van der Waals surface area contributed by atoms with Gasteiger partial charge in [0.15, 0.2) is 5.78 Å². The Labute approximate surface area is 186 Å². The average Bonchev–Trinajstić information content (AvgIpc) is 2.76. The van der Waals surface area contributed by atoms with Gasteiger partial charge >= 0.3 is 6.03 Å². The molecule has 0 saturated carbocycles. The number of hydrogen-bond donors (Lipinski definition) is 6. The van der Waals surface area contributed by atoms with Crippen molar-refractivity contribution in [1.29, 1.82) is 5.41 Å². The van der Waals surface area contributed by atoms with Gasteiger partial charge in [0.25, 0.3) is 0 Å². The molecule has 0 aliphatic carbocycles. The lowest BCUT2D eigenvalue weighted by atomic mass is 10.1. The number of nitrogens with two attached hydrogens (primary N) is 1. The van der Waals surface area contributed by atoms with Crippen LogP contribution >= 0.6 is 0 Å². The third kappa shape index (κ3) is 10.9. The molecule has 0 spiro atoms. The van der Waals surface area contributed by atoms with E-state index in [1.807, 2.05) is 30.3 Å². The highest BCUT2D eigenvalue weighted by molar-refractivity contribution is 6.26. The molecule has 0 bridgehead atoms. The second-order valence-electron chi connectivity index (χ2n) is 7.10. The Morgan fingerprint density at radius 2 is 1.62 bits per heavy atom. The smallest absolute Gasteiger partial charge is 0.312 e. The zero-order chi connectivity index (χ0) is 23.9. The van der Waals surface area contributed by atoms with Crippen LogP contribution in [0.5, 0.6) is 0 Å². The van der Waals surface area contributed by atoms with Crippen LogP contribution in [0.2, 0.25) is 0 Å². The summed E-state index contributed by atoms with van der Waals surface area (Å²) in [6, 6.07) is 6.50. The third-order valence-corrected chi connectivity index (χ3v) is 4.45. The number of ketones is 1. The Kier molecular flexibility index (Phi) is 11.7. The van der Waals surface area contributed by atoms with Gasteiger partial charge in [0.05, 0.1) is 6.21 Å². The molecule has 0 heterocycles. The van der Waals surface area contributed by atoms with E-state index in [-0.39, 0.29) is 32.4 Å². The molecule has 0 aliphatic rings. The summed E-state index contributed by atoms with van der Waals surface area (Å²) < 4.78 is 0. The van der Waals surface area contributed by atoms with Gasteiger partial charge in [-0.1, -0.05) is 30.3 Å². The van der Waals surface area contributed by atoms with Crippen LogP contribution < -0.4 is 27.0 Å². The van der Waals surface area contributed by atoms with Crippen LogP contribution in [-0.4, -0.2) is 54.4 Å². The number of Topliss-reactive ketones (excluding diaryl/α,β-unsaturated/α-hetero) is 1. The van der Waals surface area contributed by atoms with Gasteiger partial charge in [-0.25, -0.2) is 4.79 Å². The van der Waals surface area contributed by atoms with Gasteiger partial charge in [-0.05, 0) is 24.8 Å². The molecule has 2 atom stereocenters. The Morgan fingerprint density at radius 3 is 2.22 bits per heavy atom. The minimum atomic E-state index is -1.03. The highest BCUT2D eigenvalue weighted by Crippen LogP contribution is 2.04. The number of carbonyl (C=O) groups excluding carboxylic acids is 5. The van der Waals surface area contributed by atoms with Crippen molar-refractivity contribution in [2.45, 2.75) is 51.2 Å². The fourth-order valence-corrected chi connectivity index (χ4v) is 2.84. The summed E-state index contributed by atoms with van der Waals surface area (Å²) in [5, 5.41) is 17.2. The molecular weight excluding hydrogens is 416 g/mol. The molecular formula is C21H30N6O5. The molecule has 32 heavy (non-hydrogen) atoms. The first-order valence-corrected chi connectivity index (χ1v) is 10.2. The zero-order valence-electron chi connectivity index (χ0n) is 18.0. The number of amides is 5. The molecule has 174 valence electrons. The number of primary amides is 1. The molecule has 1 aromatic carbocycles. The molecule has 0 unspecified atom stereocenters. The minimum Gasteiger partial charge on any atom is -0.352 e. The van der Waals surface area contributed by atoms with Crippen molar-refractivity contribution in [2.24, 2.45) is 5.73 Å². The van der Waals surface area contributed by atoms with E-state index in [4.69, 9.17) is 11.1 Å². The van der Waals surface area contributed by atoms with E-state index < -0.39 is 41.6 Å². The maximum atomic E-state index is 12.8. The summed E-state index contributed by atoms with van der Waals surface area (Å²) in [6.45, 7) is 1.71. The lowest BCUT2D eigenvalue weighted by Crippen LogP contribution is -2.53. The molecule has 0 aliphatic heterocycles. The zero-order valence-corrected chi connectivity index (χ0v) is 18.0. The second-order valence-corrected chi connectivity index (χ2v) is 7.10. The van der Waals surface area contributed by atoms with Crippen molar-refractivity contribution >= 4 is 35.8 Å². The number of carbonyl (C=O) groups is 5. The molecule has 7 N–H and O–H groups in total. The molecule has 1 aromatic rings. The fraction of sp³-hybridized carbons (Fsp3) is 0.429. The van der Waals surface area contributed by atoms with Gasteiger partial charge in [0, 0.05) is 26.4 Å². The Balaban J connectivity index is 2.80. The van der Waals surface area contributed by atoms with Crippen molar-refractivity contribution in [3.05, 3.63) is 35.9 Å². The lowest BCUT2D eigenvalue weighted by Gasteiger charge is -2.23. The van der Waals surface area contributed by atoms with E-state index in [0.29, 0.717) is 12.6 Å². The van der Waals surface area contributed by atoms with E-state index in [0.717, 1.165) is 5.56 Å². The predicted octanol–water partition coefficient (Wildman–Crippen LogP) is -0.260. The van der Waals surface area contributed by atoms with Crippen molar-refractivity contribution in [2.75, 3.05) is 6.54 Å². The largest absolute Gasteiger partial charge is 0.352 e. The van der Waals surface area contributed by atoms with Gasteiger partial charge < -0.3 is 32.4 Å². The van der Waals surface area contributed by atoms with Crippen LogP contribution in [0.3, 0.4) is 0 Å². The van der Waals surface area contributed by atoms with E-state index in [1.165, 1.54) is 6.92 Å². The maximum absolute atomic E-state index is 12.8. The van der Waals surface area contributed by atoms with Crippen molar-refractivity contribution in [3.63, 3.8) is 0 Å². The summed E-state index contributed by atoms with van der Waals surface area (Å²) in [5.41, 5.74) is 5.86. The topological polar surface area (TPSA) is 183 Å². The minimum absolute atomic E-state index is 0.00337. The van der Waals surface area contributed by atoms with Crippen LogP contribution in [0.1, 0.15) is 38.2 Å². The molecule has 0 aromatic heterocycles. The van der Waals surface area contributed by atoms with Crippen LogP contribution in [0.25, 0.3) is 0 Å². The van der Waals surface area contributed by atoms with Crippen LogP contribution in [0.15, 0.2) is 30.3 Å². The Bertz CT molecular complexity index is 814. The van der Waals surface area contributed by atoms with E-state index >= 15 is 0 Å². The number of nitrogens with one attached hydrogen (secondary N) is 5. The Hall–Kier alpha value is -3.76. The summed E-state index contributed by atoms with van der Waals surface area (Å²) in [7, 11) is 0. The Morgan fingerprint density at radius 1 is 0.969 bits per heavy atom. The molecule has 11 heteroatoms. The lowest BCUT2D eigenvalue weighted by molar-refractivity contribution is -0.132. The molecule has 0 radical (unpaired) electrons. The standard InChI is InChI=1S/C21H30N6O5/c1-14(28)26-17(8-5-11-24-21(23)32)20(31)27-18(10-9-16(29)12-22)19(30)25-13-15-6-3-2-4-7-15/h2-4,6-7,12,17-18,22H,5,8-11,13H2,1H3,(H,25,30)(H,26,28)(H,27,31)(H3,23,24,32)/t17-,18-/m0/s1. The monoisotopic (exact) mass is 446 g/mol. The van der Waals surface area contributed by atoms with E-state index in [1.54, 1.807) is 0 Å². The number of rotatable bonds is 14. The van der Waals surface area contributed by atoms with Gasteiger partial charge in [-0.15, -0.1) is 0 Å². The van der Waals surface area contributed by atoms with Crippen LogP contribution in [0, 0.1) is 5.41 Å². The first-order chi connectivity index (χ1) is 15.2.